The summed E-state index contributed by atoms with van der Waals surface area (Å²) in [6.07, 6.45) is -1.71. The van der Waals surface area contributed by atoms with Crippen LogP contribution in [0, 0.1) is 0 Å². The number of rotatable bonds is 5. The molecule has 10 heteroatoms. The van der Waals surface area contributed by atoms with Crippen molar-refractivity contribution in [3.05, 3.63) is 34.9 Å². The molecule has 0 aromatic heterocycles. The zero-order valence-electron chi connectivity index (χ0n) is 17.7. The number of carbonyl (C=O) groups is 3. The number of amides is 3. The number of nitrogens with zero attached hydrogens (tertiary/aromatic N) is 2. The molecular formula is C22H27F3N4O3. The molecule has 2 fully saturated rings. The first kappa shape index (κ1) is 22.7. The summed E-state index contributed by atoms with van der Waals surface area (Å²) in [5.74, 6) is -1.07. The average molecular weight is 452 g/mol. The van der Waals surface area contributed by atoms with E-state index >= 15 is 0 Å². The van der Waals surface area contributed by atoms with E-state index in [1.165, 1.54) is 4.90 Å². The predicted molar refractivity (Wildman–Crippen MR) is 109 cm³/mol. The minimum atomic E-state index is -4.42. The second-order valence-electron chi connectivity index (χ2n) is 8.85. The minimum Gasteiger partial charge on any atom is -0.322 e. The molecule has 1 aromatic rings. The lowest BCUT2D eigenvalue weighted by molar-refractivity contribution is -0.152. The molecule has 0 radical (unpaired) electrons. The minimum absolute atomic E-state index is 0.153. The van der Waals surface area contributed by atoms with Gasteiger partial charge in [0.15, 0.2) is 0 Å². The predicted octanol–water partition coefficient (Wildman–Crippen LogP) is 2.08. The van der Waals surface area contributed by atoms with E-state index in [2.05, 4.69) is 5.32 Å². The summed E-state index contributed by atoms with van der Waals surface area (Å²) in [7, 11) is 0. The topological polar surface area (TPSA) is 95.7 Å². The quantitative estimate of drug-likeness (QED) is 0.667. The Kier molecular flexibility index (Phi) is 6.26. The number of hydrogen-bond donors (Lipinski definition) is 2. The molecule has 3 atom stereocenters. The van der Waals surface area contributed by atoms with Crippen LogP contribution in [0.1, 0.15) is 60.0 Å². The molecule has 32 heavy (non-hydrogen) atoms. The van der Waals surface area contributed by atoms with Crippen LogP contribution in [0.15, 0.2) is 18.2 Å². The van der Waals surface area contributed by atoms with Crippen LogP contribution in [-0.2, 0) is 22.7 Å². The summed E-state index contributed by atoms with van der Waals surface area (Å²) in [6, 6.07) is 2.52. The SMILES string of the molecule is NC(CC1CCCCN1Cc1cccc2c1CN(C1CCC(=O)NC1=O)C2=O)C(F)(F)F. The number of piperidine rings is 2. The summed E-state index contributed by atoms with van der Waals surface area (Å²) < 4.78 is 39.0. The van der Waals surface area contributed by atoms with Crippen molar-refractivity contribution in [1.82, 2.24) is 15.1 Å². The number of benzene rings is 1. The molecule has 1 aromatic carbocycles. The fourth-order valence-corrected chi connectivity index (χ4v) is 4.98. The van der Waals surface area contributed by atoms with Gasteiger partial charge in [-0.25, -0.2) is 0 Å². The number of nitrogens with two attached hydrogens (primary N) is 1. The van der Waals surface area contributed by atoms with Crippen LogP contribution in [0.3, 0.4) is 0 Å². The van der Waals surface area contributed by atoms with Crippen LogP contribution in [0.4, 0.5) is 13.2 Å². The second-order valence-corrected chi connectivity index (χ2v) is 8.85. The molecule has 0 bridgehead atoms. The van der Waals surface area contributed by atoms with Gasteiger partial charge < -0.3 is 10.6 Å². The fourth-order valence-electron chi connectivity index (χ4n) is 4.98. The third kappa shape index (κ3) is 4.52. The first-order valence-electron chi connectivity index (χ1n) is 11.0. The molecule has 4 rings (SSSR count). The molecule has 3 aliphatic heterocycles. The molecule has 7 nitrogen and oxygen atoms in total. The van der Waals surface area contributed by atoms with Crippen LogP contribution in [0.5, 0.6) is 0 Å². The molecule has 0 saturated carbocycles. The zero-order valence-corrected chi connectivity index (χ0v) is 17.7. The normalized spacial score (nSPS) is 25.6. The summed E-state index contributed by atoms with van der Waals surface area (Å²) in [5.41, 5.74) is 7.58. The highest BCUT2D eigenvalue weighted by Gasteiger charge is 2.41. The average Bonchev–Trinajstić information content (AvgIpc) is 3.06. The van der Waals surface area contributed by atoms with Crippen LogP contribution in [-0.4, -0.2) is 58.4 Å². The van der Waals surface area contributed by atoms with E-state index in [-0.39, 0.29) is 43.7 Å². The Morgan fingerprint density at radius 1 is 1.16 bits per heavy atom. The van der Waals surface area contributed by atoms with Crippen molar-refractivity contribution in [2.45, 2.75) is 75.9 Å². The number of fused-ring (bicyclic) bond motifs is 1. The van der Waals surface area contributed by atoms with Crippen LogP contribution in [0.25, 0.3) is 0 Å². The Bertz CT molecular complexity index is 920. The number of halogens is 3. The number of hydrogen-bond acceptors (Lipinski definition) is 5. The van der Waals surface area contributed by atoms with Crippen LogP contribution >= 0.6 is 0 Å². The summed E-state index contributed by atoms with van der Waals surface area (Å²) >= 11 is 0. The maximum absolute atomic E-state index is 13.0. The van der Waals surface area contributed by atoms with Gasteiger partial charge in [0, 0.05) is 31.1 Å². The first-order valence-corrected chi connectivity index (χ1v) is 11.0. The van der Waals surface area contributed by atoms with Crippen LogP contribution in [0.2, 0.25) is 0 Å². The summed E-state index contributed by atoms with van der Waals surface area (Å²) in [5, 5.41) is 2.29. The number of likely N-dealkylation sites (tertiary alicyclic amines) is 1. The van der Waals surface area contributed by atoms with Crippen molar-refractivity contribution < 1.29 is 27.6 Å². The van der Waals surface area contributed by atoms with Gasteiger partial charge in [-0.1, -0.05) is 18.6 Å². The largest absolute Gasteiger partial charge is 0.403 e. The third-order valence-corrected chi connectivity index (χ3v) is 6.75. The molecule has 3 heterocycles. The molecule has 0 aliphatic carbocycles. The van der Waals surface area contributed by atoms with E-state index in [1.54, 1.807) is 12.1 Å². The monoisotopic (exact) mass is 452 g/mol. The molecule has 3 N–H and O–H groups in total. The Morgan fingerprint density at radius 2 is 1.94 bits per heavy atom. The highest BCUT2D eigenvalue weighted by atomic mass is 19.4. The number of alkyl halides is 3. The van der Waals surface area contributed by atoms with Crippen molar-refractivity contribution in [3.8, 4) is 0 Å². The Morgan fingerprint density at radius 3 is 2.66 bits per heavy atom. The Labute approximate surface area is 184 Å². The maximum Gasteiger partial charge on any atom is 0.403 e. The van der Waals surface area contributed by atoms with Crippen molar-refractivity contribution in [2.75, 3.05) is 6.54 Å². The molecule has 2 saturated heterocycles. The van der Waals surface area contributed by atoms with Crippen molar-refractivity contribution in [1.29, 1.82) is 0 Å². The van der Waals surface area contributed by atoms with Gasteiger partial charge in [0.25, 0.3) is 5.91 Å². The van der Waals surface area contributed by atoms with Gasteiger partial charge in [-0.15, -0.1) is 0 Å². The lowest BCUT2D eigenvalue weighted by atomic mass is 9.94. The Balaban J connectivity index is 1.51. The lowest BCUT2D eigenvalue weighted by Gasteiger charge is -2.37. The van der Waals surface area contributed by atoms with Gasteiger partial charge in [0.05, 0.1) is 0 Å². The van der Waals surface area contributed by atoms with Crippen LogP contribution < -0.4 is 11.1 Å². The van der Waals surface area contributed by atoms with Crippen molar-refractivity contribution in [3.63, 3.8) is 0 Å². The van der Waals surface area contributed by atoms with E-state index in [0.29, 0.717) is 25.1 Å². The maximum atomic E-state index is 13.0. The van der Waals surface area contributed by atoms with E-state index in [9.17, 15) is 27.6 Å². The zero-order chi connectivity index (χ0) is 23.0. The van der Waals surface area contributed by atoms with Crippen molar-refractivity contribution >= 4 is 17.7 Å². The lowest BCUT2D eigenvalue weighted by Crippen LogP contribution is -2.52. The van der Waals surface area contributed by atoms with E-state index in [0.717, 1.165) is 24.0 Å². The van der Waals surface area contributed by atoms with E-state index < -0.39 is 24.2 Å². The molecule has 3 aliphatic rings. The molecule has 3 amide bonds. The number of nitrogens with one attached hydrogen (secondary N) is 1. The third-order valence-electron chi connectivity index (χ3n) is 6.75. The van der Waals surface area contributed by atoms with Gasteiger partial charge >= 0.3 is 6.18 Å². The molecular weight excluding hydrogens is 425 g/mol. The molecule has 174 valence electrons. The number of imide groups is 1. The smallest absolute Gasteiger partial charge is 0.322 e. The first-order chi connectivity index (χ1) is 15.1. The highest BCUT2D eigenvalue weighted by molar-refractivity contribution is 6.05. The van der Waals surface area contributed by atoms with Gasteiger partial charge in [-0.3, -0.25) is 24.6 Å². The summed E-state index contributed by atoms with van der Waals surface area (Å²) in [6.45, 7) is 1.34. The Hall–Kier alpha value is -2.46. The highest BCUT2D eigenvalue weighted by Crippen LogP contribution is 2.33. The van der Waals surface area contributed by atoms with Gasteiger partial charge in [0.2, 0.25) is 11.8 Å². The second kappa shape index (κ2) is 8.82. The van der Waals surface area contributed by atoms with E-state index in [1.807, 2.05) is 11.0 Å². The van der Waals surface area contributed by atoms with Gasteiger partial charge in [0.1, 0.15) is 12.1 Å². The van der Waals surface area contributed by atoms with Gasteiger partial charge in [-0.05, 0) is 49.4 Å². The van der Waals surface area contributed by atoms with E-state index in [4.69, 9.17) is 5.73 Å². The molecule has 0 spiro atoms. The molecule has 3 unspecified atom stereocenters. The van der Waals surface area contributed by atoms with Crippen molar-refractivity contribution in [2.24, 2.45) is 5.73 Å². The standard InChI is InChI=1S/C22H27F3N4O3/c23-22(24,25)18(26)10-14-5-1-2-9-28(14)11-13-4-3-6-15-16(13)12-29(21(15)32)17-7-8-19(30)27-20(17)31/h3-4,6,14,17-18H,1-2,5,7-12,26H2,(H,27,30,31). The van der Waals surface area contributed by atoms with Gasteiger partial charge in [-0.2, -0.15) is 13.2 Å². The fraction of sp³-hybridized carbons (Fsp3) is 0.591. The number of carbonyl (C=O) groups excluding carboxylic acids is 3. The summed E-state index contributed by atoms with van der Waals surface area (Å²) in [4.78, 5) is 40.3.